The van der Waals surface area contributed by atoms with Crippen LogP contribution in [0.3, 0.4) is 0 Å². The highest BCUT2D eigenvalue weighted by Crippen LogP contribution is 2.16. The highest BCUT2D eigenvalue weighted by molar-refractivity contribution is 5.94. The summed E-state index contributed by atoms with van der Waals surface area (Å²) in [6.45, 7) is 7.30. The molecule has 24 heavy (non-hydrogen) atoms. The van der Waals surface area contributed by atoms with Crippen molar-refractivity contribution in [1.82, 2.24) is 19.8 Å². The number of aromatic nitrogens is 2. The second-order valence-corrected chi connectivity index (χ2v) is 6.27. The summed E-state index contributed by atoms with van der Waals surface area (Å²) in [5, 5.41) is 3.18. The third-order valence-corrected chi connectivity index (χ3v) is 4.16. The molecule has 3 rings (SSSR count). The minimum Gasteiger partial charge on any atom is -0.336 e. The molecule has 0 saturated carbocycles. The van der Waals surface area contributed by atoms with Gasteiger partial charge in [-0.3, -0.25) is 4.79 Å². The molecule has 1 amide bonds. The molecule has 0 aliphatic carbocycles. The Kier molecular flexibility index (Phi) is 4.76. The number of piperazine rings is 1. The second-order valence-electron chi connectivity index (χ2n) is 6.27. The first-order valence-corrected chi connectivity index (χ1v) is 8.18. The predicted octanol–water partition coefficient (Wildman–Crippen LogP) is 2.22. The van der Waals surface area contributed by atoms with Gasteiger partial charge in [-0.15, -0.1) is 0 Å². The quantitative estimate of drug-likeness (QED) is 0.937. The van der Waals surface area contributed by atoms with Gasteiger partial charge >= 0.3 is 0 Å². The van der Waals surface area contributed by atoms with E-state index in [0.717, 1.165) is 43.3 Å². The second kappa shape index (κ2) is 6.97. The summed E-state index contributed by atoms with van der Waals surface area (Å²) in [4.78, 5) is 25.4. The van der Waals surface area contributed by atoms with E-state index >= 15 is 0 Å². The van der Waals surface area contributed by atoms with Gasteiger partial charge in [-0.25, -0.2) is 9.97 Å². The Morgan fingerprint density at radius 2 is 1.58 bits per heavy atom. The summed E-state index contributed by atoms with van der Waals surface area (Å²) in [5.74, 6) is 0.669. The maximum Gasteiger partial charge on any atom is 0.253 e. The minimum absolute atomic E-state index is 0.0947. The van der Waals surface area contributed by atoms with Crippen molar-refractivity contribution in [2.24, 2.45) is 0 Å². The molecule has 0 radical (unpaired) electrons. The standard InChI is InChI=1S/C18H23N5O/c1-13-12-14(2)20-18(19-13)21-16-6-4-15(5-7-16)17(24)23-10-8-22(3)9-11-23/h4-7,12H,8-11H2,1-3H3,(H,19,20,21). The van der Waals surface area contributed by atoms with E-state index in [4.69, 9.17) is 0 Å². The number of benzene rings is 1. The predicted molar refractivity (Wildman–Crippen MR) is 94.6 cm³/mol. The van der Waals surface area contributed by atoms with E-state index in [-0.39, 0.29) is 5.91 Å². The third-order valence-electron chi connectivity index (χ3n) is 4.16. The number of nitrogens with zero attached hydrogens (tertiary/aromatic N) is 4. The number of aryl methyl sites for hydroxylation is 2. The molecule has 1 aromatic carbocycles. The molecule has 2 heterocycles. The van der Waals surface area contributed by atoms with Crippen molar-refractivity contribution >= 4 is 17.5 Å². The van der Waals surface area contributed by atoms with Gasteiger partial charge in [-0.1, -0.05) is 0 Å². The van der Waals surface area contributed by atoms with Gasteiger partial charge in [0, 0.05) is 48.8 Å². The number of anilines is 2. The van der Waals surface area contributed by atoms with E-state index in [1.165, 1.54) is 0 Å². The Morgan fingerprint density at radius 1 is 1.00 bits per heavy atom. The first-order valence-electron chi connectivity index (χ1n) is 8.18. The van der Waals surface area contributed by atoms with E-state index in [2.05, 4.69) is 27.2 Å². The lowest BCUT2D eigenvalue weighted by atomic mass is 10.1. The first kappa shape index (κ1) is 16.4. The number of likely N-dealkylation sites (N-methyl/N-ethyl adjacent to an activating group) is 1. The van der Waals surface area contributed by atoms with Crippen LogP contribution < -0.4 is 5.32 Å². The van der Waals surface area contributed by atoms with Crippen LogP contribution in [-0.4, -0.2) is 58.9 Å². The molecule has 2 aromatic rings. The summed E-state index contributed by atoms with van der Waals surface area (Å²) < 4.78 is 0. The fraction of sp³-hybridized carbons (Fsp3) is 0.389. The number of hydrogen-bond donors (Lipinski definition) is 1. The van der Waals surface area contributed by atoms with Crippen molar-refractivity contribution in [3.05, 3.63) is 47.3 Å². The average molecular weight is 325 g/mol. The molecule has 126 valence electrons. The van der Waals surface area contributed by atoms with Crippen molar-refractivity contribution in [3.8, 4) is 0 Å². The maximum atomic E-state index is 12.5. The van der Waals surface area contributed by atoms with Crippen LogP contribution in [0.2, 0.25) is 0 Å². The smallest absolute Gasteiger partial charge is 0.253 e. The summed E-state index contributed by atoms with van der Waals surface area (Å²) >= 11 is 0. The molecule has 1 aliphatic rings. The molecular formula is C18H23N5O. The van der Waals surface area contributed by atoms with Gasteiger partial charge < -0.3 is 15.1 Å². The van der Waals surface area contributed by atoms with Crippen LogP contribution in [0.15, 0.2) is 30.3 Å². The summed E-state index contributed by atoms with van der Waals surface area (Å²) in [7, 11) is 2.08. The fourth-order valence-corrected chi connectivity index (χ4v) is 2.80. The van der Waals surface area contributed by atoms with Gasteiger partial charge in [0.25, 0.3) is 5.91 Å². The number of amides is 1. The highest BCUT2D eigenvalue weighted by Gasteiger charge is 2.20. The van der Waals surface area contributed by atoms with E-state index in [1.54, 1.807) is 0 Å². The normalized spacial score (nSPS) is 15.4. The molecule has 0 spiro atoms. The Balaban J connectivity index is 1.67. The van der Waals surface area contributed by atoms with Crippen LogP contribution in [0.5, 0.6) is 0 Å². The summed E-state index contributed by atoms with van der Waals surface area (Å²) in [6, 6.07) is 9.43. The number of rotatable bonds is 3. The van der Waals surface area contributed by atoms with Gasteiger partial charge in [-0.2, -0.15) is 0 Å². The van der Waals surface area contributed by atoms with Crippen molar-refractivity contribution in [2.75, 3.05) is 38.5 Å². The Labute approximate surface area is 142 Å². The first-order chi connectivity index (χ1) is 11.5. The number of hydrogen-bond acceptors (Lipinski definition) is 5. The summed E-state index contributed by atoms with van der Waals surface area (Å²) in [5.41, 5.74) is 3.43. The minimum atomic E-state index is 0.0947. The van der Waals surface area contributed by atoms with E-state index in [0.29, 0.717) is 11.5 Å². The van der Waals surface area contributed by atoms with Crippen LogP contribution in [0.4, 0.5) is 11.6 Å². The molecule has 6 nitrogen and oxygen atoms in total. The van der Waals surface area contributed by atoms with Crippen molar-refractivity contribution < 1.29 is 4.79 Å². The molecule has 1 saturated heterocycles. The van der Waals surface area contributed by atoms with Crippen molar-refractivity contribution in [2.45, 2.75) is 13.8 Å². The van der Waals surface area contributed by atoms with Crippen LogP contribution in [0.25, 0.3) is 0 Å². The molecule has 1 fully saturated rings. The van der Waals surface area contributed by atoms with E-state index < -0.39 is 0 Å². The fourth-order valence-electron chi connectivity index (χ4n) is 2.80. The van der Waals surface area contributed by atoms with Gasteiger partial charge in [-0.05, 0) is 51.2 Å². The lowest BCUT2D eigenvalue weighted by Gasteiger charge is -2.32. The lowest BCUT2D eigenvalue weighted by molar-refractivity contribution is 0.0664. The van der Waals surface area contributed by atoms with Crippen LogP contribution in [0.1, 0.15) is 21.7 Å². The molecule has 1 aliphatic heterocycles. The Hall–Kier alpha value is -2.47. The highest BCUT2D eigenvalue weighted by atomic mass is 16.2. The zero-order valence-electron chi connectivity index (χ0n) is 14.4. The maximum absolute atomic E-state index is 12.5. The van der Waals surface area contributed by atoms with E-state index in [1.807, 2.05) is 49.1 Å². The van der Waals surface area contributed by atoms with Gasteiger partial charge in [0.1, 0.15) is 0 Å². The molecule has 6 heteroatoms. The Bertz CT molecular complexity index is 700. The topological polar surface area (TPSA) is 61.4 Å². The van der Waals surface area contributed by atoms with Gasteiger partial charge in [0.15, 0.2) is 0 Å². The number of carbonyl (C=O) groups excluding carboxylic acids is 1. The largest absolute Gasteiger partial charge is 0.336 e. The average Bonchev–Trinajstić information content (AvgIpc) is 2.55. The van der Waals surface area contributed by atoms with E-state index in [9.17, 15) is 4.79 Å². The molecule has 1 aromatic heterocycles. The molecule has 0 atom stereocenters. The van der Waals surface area contributed by atoms with Crippen molar-refractivity contribution in [3.63, 3.8) is 0 Å². The monoisotopic (exact) mass is 325 g/mol. The van der Waals surface area contributed by atoms with Crippen LogP contribution in [-0.2, 0) is 0 Å². The van der Waals surface area contributed by atoms with Gasteiger partial charge in [0.2, 0.25) is 5.95 Å². The van der Waals surface area contributed by atoms with Gasteiger partial charge in [0.05, 0.1) is 0 Å². The van der Waals surface area contributed by atoms with Crippen LogP contribution in [0, 0.1) is 13.8 Å². The number of nitrogens with one attached hydrogen (secondary N) is 1. The molecule has 0 bridgehead atoms. The lowest BCUT2D eigenvalue weighted by Crippen LogP contribution is -2.47. The third kappa shape index (κ3) is 3.89. The molecular weight excluding hydrogens is 302 g/mol. The van der Waals surface area contributed by atoms with Crippen LogP contribution >= 0.6 is 0 Å². The Morgan fingerprint density at radius 3 is 2.17 bits per heavy atom. The number of carbonyl (C=O) groups is 1. The summed E-state index contributed by atoms with van der Waals surface area (Å²) in [6.07, 6.45) is 0. The zero-order valence-corrected chi connectivity index (χ0v) is 14.4. The zero-order chi connectivity index (χ0) is 17.1. The van der Waals surface area contributed by atoms with Crippen molar-refractivity contribution in [1.29, 1.82) is 0 Å². The molecule has 0 unspecified atom stereocenters. The SMILES string of the molecule is Cc1cc(C)nc(Nc2ccc(C(=O)N3CCN(C)CC3)cc2)n1. The molecule has 1 N–H and O–H groups in total.